The minimum atomic E-state index is -0.225. The number of aromatic nitrogens is 2. The van der Waals surface area contributed by atoms with Gasteiger partial charge in [0.05, 0.1) is 24.3 Å². The van der Waals surface area contributed by atoms with Crippen LogP contribution in [0.2, 0.25) is 0 Å². The molecule has 2 aromatic rings. The van der Waals surface area contributed by atoms with Gasteiger partial charge in [-0.2, -0.15) is 0 Å². The van der Waals surface area contributed by atoms with Gasteiger partial charge in [-0.25, -0.2) is 4.98 Å². The summed E-state index contributed by atoms with van der Waals surface area (Å²) in [5, 5.41) is 15.7. The average molecular weight is 391 g/mol. The molecule has 2 amide bonds. The highest BCUT2D eigenvalue weighted by Gasteiger charge is 2.15. The summed E-state index contributed by atoms with van der Waals surface area (Å²) in [5.74, 6) is -0.170. The molecule has 0 aliphatic carbocycles. The number of carbonyl (C=O) groups excluding carboxylic acids is 2. The Morgan fingerprint density at radius 1 is 1.19 bits per heavy atom. The molecule has 1 aromatic carbocycles. The second-order valence-electron chi connectivity index (χ2n) is 6.71. The SMILES string of the molecule is Cc1cc(C)cc(NC(=O)CSc2ncc(CO)n2CC(=O)NC(C)C)c1. The van der Waals surface area contributed by atoms with E-state index in [-0.39, 0.29) is 36.8 Å². The van der Waals surface area contributed by atoms with Gasteiger partial charge in [-0.15, -0.1) is 0 Å². The number of benzene rings is 1. The summed E-state index contributed by atoms with van der Waals surface area (Å²) in [6.07, 6.45) is 1.52. The van der Waals surface area contributed by atoms with Crippen molar-refractivity contribution in [3.05, 3.63) is 41.2 Å². The third-order valence-corrected chi connectivity index (χ3v) is 4.64. The monoisotopic (exact) mass is 390 g/mol. The number of carbonyl (C=O) groups is 2. The van der Waals surface area contributed by atoms with E-state index < -0.39 is 0 Å². The van der Waals surface area contributed by atoms with Crippen molar-refractivity contribution in [2.45, 2.75) is 52.0 Å². The molecule has 2 rings (SSSR count). The molecule has 27 heavy (non-hydrogen) atoms. The zero-order valence-electron chi connectivity index (χ0n) is 16.1. The van der Waals surface area contributed by atoms with Gasteiger partial charge >= 0.3 is 0 Å². The van der Waals surface area contributed by atoms with Crippen LogP contribution < -0.4 is 10.6 Å². The van der Waals surface area contributed by atoms with E-state index in [0.717, 1.165) is 16.8 Å². The molecule has 1 aromatic heterocycles. The molecule has 8 heteroatoms. The Kier molecular flexibility index (Phi) is 7.44. The molecule has 1 heterocycles. The summed E-state index contributed by atoms with van der Waals surface area (Å²) in [5.41, 5.74) is 3.45. The molecule has 0 aliphatic heterocycles. The number of nitrogens with zero attached hydrogens (tertiary/aromatic N) is 2. The summed E-state index contributed by atoms with van der Waals surface area (Å²) >= 11 is 1.23. The topological polar surface area (TPSA) is 96.2 Å². The Morgan fingerprint density at radius 2 is 1.85 bits per heavy atom. The van der Waals surface area contributed by atoms with Crippen molar-refractivity contribution in [1.29, 1.82) is 0 Å². The summed E-state index contributed by atoms with van der Waals surface area (Å²) in [7, 11) is 0. The van der Waals surface area contributed by atoms with E-state index in [4.69, 9.17) is 0 Å². The molecule has 0 saturated heterocycles. The molecule has 0 unspecified atom stereocenters. The fourth-order valence-corrected chi connectivity index (χ4v) is 3.48. The third-order valence-electron chi connectivity index (χ3n) is 3.65. The Hall–Kier alpha value is -2.32. The van der Waals surface area contributed by atoms with Crippen molar-refractivity contribution < 1.29 is 14.7 Å². The number of nitrogens with one attached hydrogen (secondary N) is 2. The van der Waals surface area contributed by atoms with Crippen LogP contribution in [0.1, 0.15) is 30.7 Å². The van der Waals surface area contributed by atoms with Gasteiger partial charge < -0.3 is 20.3 Å². The van der Waals surface area contributed by atoms with Crippen LogP contribution in [0.25, 0.3) is 0 Å². The number of anilines is 1. The first-order chi connectivity index (χ1) is 12.8. The summed E-state index contributed by atoms with van der Waals surface area (Å²) < 4.78 is 1.63. The smallest absolute Gasteiger partial charge is 0.240 e. The van der Waals surface area contributed by atoms with Crippen molar-refractivity contribution in [1.82, 2.24) is 14.9 Å². The highest BCUT2D eigenvalue weighted by molar-refractivity contribution is 7.99. The Labute approximate surface area is 163 Å². The van der Waals surface area contributed by atoms with E-state index in [9.17, 15) is 14.7 Å². The van der Waals surface area contributed by atoms with Gasteiger partial charge in [0.2, 0.25) is 11.8 Å². The number of hydrogen-bond donors (Lipinski definition) is 3. The van der Waals surface area contributed by atoms with Crippen LogP contribution in [0.5, 0.6) is 0 Å². The van der Waals surface area contributed by atoms with E-state index in [1.54, 1.807) is 4.57 Å². The van der Waals surface area contributed by atoms with Crippen molar-refractivity contribution in [2.75, 3.05) is 11.1 Å². The van der Waals surface area contributed by atoms with E-state index in [2.05, 4.69) is 15.6 Å². The lowest BCUT2D eigenvalue weighted by molar-refractivity contribution is -0.122. The van der Waals surface area contributed by atoms with Crippen LogP contribution in [0, 0.1) is 13.8 Å². The molecule has 0 radical (unpaired) electrons. The lowest BCUT2D eigenvalue weighted by Crippen LogP contribution is -2.33. The van der Waals surface area contributed by atoms with Crippen LogP contribution >= 0.6 is 11.8 Å². The zero-order valence-corrected chi connectivity index (χ0v) is 16.9. The molecule has 0 saturated carbocycles. The molecule has 0 spiro atoms. The fourth-order valence-electron chi connectivity index (χ4n) is 2.69. The zero-order chi connectivity index (χ0) is 20.0. The number of hydrogen-bond acceptors (Lipinski definition) is 5. The van der Waals surface area contributed by atoms with E-state index in [0.29, 0.717) is 10.9 Å². The summed E-state index contributed by atoms with van der Waals surface area (Å²) in [6, 6.07) is 5.89. The second-order valence-corrected chi connectivity index (χ2v) is 7.65. The van der Waals surface area contributed by atoms with Crippen LogP contribution in [-0.4, -0.2) is 38.3 Å². The van der Waals surface area contributed by atoms with Crippen molar-refractivity contribution >= 4 is 29.3 Å². The van der Waals surface area contributed by atoms with E-state index in [1.807, 2.05) is 45.9 Å². The van der Waals surface area contributed by atoms with Crippen LogP contribution in [0.4, 0.5) is 5.69 Å². The first-order valence-electron chi connectivity index (χ1n) is 8.74. The van der Waals surface area contributed by atoms with Gasteiger partial charge in [-0.3, -0.25) is 9.59 Å². The van der Waals surface area contributed by atoms with Gasteiger partial charge in [-0.1, -0.05) is 17.8 Å². The second kappa shape index (κ2) is 9.57. The molecular formula is C19H26N4O3S. The van der Waals surface area contributed by atoms with Gasteiger partial charge in [0.25, 0.3) is 0 Å². The Balaban J connectivity index is 2.01. The van der Waals surface area contributed by atoms with E-state index in [1.165, 1.54) is 18.0 Å². The summed E-state index contributed by atoms with van der Waals surface area (Å²) in [6.45, 7) is 7.55. The average Bonchev–Trinajstić information content (AvgIpc) is 2.92. The Morgan fingerprint density at radius 3 is 2.44 bits per heavy atom. The minimum Gasteiger partial charge on any atom is -0.390 e. The van der Waals surface area contributed by atoms with Gasteiger partial charge in [0, 0.05) is 11.7 Å². The molecule has 0 atom stereocenters. The fraction of sp³-hybridized carbons (Fsp3) is 0.421. The van der Waals surface area contributed by atoms with Crippen molar-refractivity contribution in [3.63, 3.8) is 0 Å². The number of rotatable bonds is 8. The molecule has 146 valence electrons. The highest BCUT2D eigenvalue weighted by Crippen LogP contribution is 2.20. The number of thioether (sulfide) groups is 1. The predicted molar refractivity (Wildman–Crippen MR) is 107 cm³/mol. The molecule has 0 aliphatic rings. The maximum Gasteiger partial charge on any atom is 0.240 e. The van der Waals surface area contributed by atoms with Gasteiger partial charge in [-0.05, 0) is 51.0 Å². The number of aliphatic hydroxyl groups excluding tert-OH is 1. The van der Waals surface area contributed by atoms with Crippen molar-refractivity contribution in [2.24, 2.45) is 0 Å². The number of amides is 2. The molecule has 7 nitrogen and oxygen atoms in total. The molecule has 0 fully saturated rings. The number of aryl methyl sites for hydroxylation is 2. The summed E-state index contributed by atoms with van der Waals surface area (Å²) in [4.78, 5) is 28.6. The standard InChI is InChI=1S/C19H26N4O3S/c1-12(2)21-17(25)9-23-16(10-24)8-20-19(23)27-11-18(26)22-15-6-13(3)5-14(4)7-15/h5-8,12,24H,9-11H2,1-4H3,(H,21,25)(H,22,26). The first kappa shape index (κ1) is 21.0. The maximum absolute atomic E-state index is 12.3. The molecule has 0 bridgehead atoms. The van der Waals surface area contributed by atoms with Gasteiger partial charge in [0.15, 0.2) is 5.16 Å². The van der Waals surface area contributed by atoms with Crippen LogP contribution in [0.15, 0.2) is 29.6 Å². The molecule has 3 N–H and O–H groups in total. The Bertz CT molecular complexity index is 797. The van der Waals surface area contributed by atoms with Crippen LogP contribution in [0.3, 0.4) is 0 Å². The maximum atomic E-state index is 12.3. The molecular weight excluding hydrogens is 364 g/mol. The predicted octanol–water partition coefficient (Wildman–Crippen LogP) is 2.25. The largest absolute Gasteiger partial charge is 0.390 e. The highest BCUT2D eigenvalue weighted by atomic mass is 32.2. The normalized spacial score (nSPS) is 10.9. The first-order valence-corrected chi connectivity index (χ1v) is 9.72. The lowest BCUT2D eigenvalue weighted by atomic mass is 10.1. The van der Waals surface area contributed by atoms with Crippen LogP contribution in [-0.2, 0) is 22.7 Å². The number of aliphatic hydroxyl groups is 1. The van der Waals surface area contributed by atoms with Crippen molar-refractivity contribution in [3.8, 4) is 0 Å². The lowest BCUT2D eigenvalue weighted by Gasteiger charge is -2.13. The number of imidazole rings is 1. The van der Waals surface area contributed by atoms with Gasteiger partial charge in [0.1, 0.15) is 6.54 Å². The third kappa shape index (κ3) is 6.41. The quantitative estimate of drug-likeness (QED) is 0.601. The van der Waals surface area contributed by atoms with E-state index >= 15 is 0 Å². The minimum absolute atomic E-state index is 0.0262.